The van der Waals surface area contributed by atoms with Crippen LogP contribution in [-0.2, 0) is 19.5 Å². The lowest BCUT2D eigenvalue weighted by atomic mass is 10.1. The van der Waals surface area contributed by atoms with E-state index in [2.05, 4.69) is 19.9 Å². The number of rotatable bonds is 6. The van der Waals surface area contributed by atoms with Gasteiger partial charge in [0, 0.05) is 39.3 Å². The molecule has 1 amide bonds. The molecule has 0 aliphatic carbocycles. The smallest absolute Gasteiger partial charge is 0.410 e. The molecule has 2 fully saturated rings. The van der Waals surface area contributed by atoms with E-state index in [-0.39, 0.29) is 54.5 Å². The van der Waals surface area contributed by atoms with E-state index in [1.807, 2.05) is 20.8 Å². The van der Waals surface area contributed by atoms with Crippen LogP contribution in [0.2, 0.25) is 0 Å². The van der Waals surface area contributed by atoms with Crippen molar-refractivity contribution in [3.63, 3.8) is 0 Å². The maximum absolute atomic E-state index is 12.3. The first-order chi connectivity index (χ1) is 14.1. The molecule has 3 aliphatic rings. The Hall–Kier alpha value is -0.860. The number of halogens is 1. The predicted octanol–water partition coefficient (Wildman–Crippen LogP) is 0.973. The molecule has 2 saturated heterocycles. The molecule has 0 aromatic rings. The van der Waals surface area contributed by atoms with Crippen LogP contribution in [0.25, 0.3) is 0 Å². The molecule has 12 heteroatoms. The molecule has 3 aliphatic heterocycles. The maximum atomic E-state index is 12.3. The van der Waals surface area contributed by atoms with Gasteiger partial charge in [0.2, 0.25) is 10.0 Å². The van der Waals surface area contributed by atoms with E-state index >= 15 is 0 Å². The van der Waals surface area contributed by atoms with Crippen molar-refractivity contribution in [2.45, 2.75) is 57.8 Å². The van der Waals surface area contributed by atoms with Crippen LogP contribution in [0.1, 0.15) is 40.0 Å². The predicted molar refractivity (Wildman–Crippen MR) is 129 cm³/mol. The fourth-order valence-electron chi connectivity index (χ4n) is 3.78. The van der Waals surface area contributed by atoms with Gasteiger partial charge in [0.1, 0.15) is 5.60 Å². The Morgan fingerprint density at radius 3 is 2.74 bits per heavy atom. The largest absolute Gasteiger partial charge is 0.444 e. The number of carbonyl (C=O) groups excluding carboxylic acids is 1. The van der Waals surface area contributed by atoms with E-state index in [0.717, 1.165) is 19.3 Å². The Bertz CT molecular complexity index is 736. The van der Waals surface area contributed by atoms with Crippen LogP contribution in [0, 0.1) is 0 Å². The molecular weight excluding hydrogens is 537 g/mol. The summed E-state index contributed by atoms with van der Waals surface area (Å²) in [6.45, 7) is 9.18. The molecule has 0 aromatic carbocycles. The zero-order valence-corrected chi connectivity index (χ0v) is 21.8. The standard InChI is InChI=1S/C19H35N5O5S.HI/c1-19(2,3)29-18(25)23-8-9-24-15(14-23)12-21-17(24)20-7-11-30(26,27)22-13-16-6-4-5-10-28-16;/h15-16,22H,4-14H2,1-3H3,(H,20,21);1H. The highest BCUT2D eigenvalue weighted by molar-refractivity contribution is 14.0. The lowest BCUT2D eigenvalue weighted by Crippen LogP contribution is -2.57. The van der Waals surface area contributed by atoms with Gasteiger partial charge >= 0.3 is 6.09 Å². The molecular formula is C19H36IN5O5S. The molecule has 2 atom stereocenters. The molecule has 0 radical (unpaired) electrons. The summed E-state index contributed by atoms with van der Waals surface area (Å²) in [4.78, 5) is 20.6. The van der Waals surface area contributed by atoms with Gasteiger partial charge in [-0.25, -0.2) is 17.9 Å². The zero-order chi connectivity index (χ0) is 21.8. The van der Waals surface area contributed by atoms with Crippen molar-refractivity contribution in [2.75, 3.05) is 51.6 Å². The number of carbonyl (C=O) groups is 1. The van der Waals surface area contributed by atoms with E-state index in [1.165, 1.54) is 0 Å². The van der Waals surface area contributed by atoms with Gasteiger partial charge in [-0.15, -0.1) is 24.0 Å². The first-order valence-electron chi connectivity index (χ1n) is 10.7. The summed E-state index contributed by atoms with van der Waals surface area (Å²) in [7, 11) is -3.37. The van der Waals surface area contributed by atoms with Crippen molar-refractivity contribution in [1.29, 1.82) is 0 Å². The number of guanidine groups is 1. The zero-order valence-electron chi connectivity index (χ0n) is 18.6. The third-order valence-corrected chi connectivity index (χ3v) is 6.67. The van der Waals surface area contributed by atoms with Gasteiger partial charge in [0.15, 0.2) is 5.96 Å². The average molecular weight is 573 g/mol. The van der Waals surface area contributed by atoms with Crippen molar-refractivity contribution in [3.8, 4) is 0 Å². The van der Waals surface area contributed by atoms with Crippen molar-refractivity contribution < 1.29 is 22.7 Å². The lowest BCUT2D eigenvalue weighted by Gasteiger charge is -2.39. The second-order valence-electron chi connectivity index (χ2n) is 9.02. The molecule has 2 N–H and O–H groups in total. The van der Waals surface area contributed by atoms with Crippen LogP contribution in [0.3, 0.4) is 0 Å². The monoisotopic (exact) mass is 573 g/mol. The molecule has 0 aromatic heterocycles. The van der Waals surface area contributed by atoms with Gasteiger partial charge in [0.05, 0.1) is 24.4 Å². The summed E-state index contributed by atoms with van der Waals surface area (Å²) in [5.74, 6) is 0.677. The van der Waals surface area contributed by atoms with E-state index in [9.17, 15) is 13.2 Å². The normalized spacial score (nSPS) is 24.2. The van der Waals surface area contributed by atoms with Crippen molar-refractivity contribution >= 4 is 46.1 Å². The van der Waals surface area contributed by atoms with Gasteiger partial charge in [-0.3, -0.25) is 4.99 Å². The molecule has 0 bridgehead atoms. The van der Waals surface area contributed by atoms with E-state index in [1.54, 1.807) is 4.90 Å². The summed E-state index contributed by atoms with van der Waals surface area (Å²) < 4.78 is 38.1. The number of fused-ring (bicyclic) bond motifs is 1. The number of nitrogens with zero attached hydrogens (tertiary/aromatic N) is 3. The van der Waals surface area contributed by atoms with Gasteiger partial charge in [-0.05, 0) is 40.0 Å². The van der Waals surface area contributed by atoms with Crippen LogP contribution >= 0.6 is 24.0 Å². The molecule has 2 unspecified atom stereocenters. The fraction of sp³-hybridized carbons (Fsp3) is 0.895. The van der Waals surface area contributed by atoms with Crippen molar-refractivity contribution in [2.24, 2.45) is 4.99 Å². The number of ether oxygens (including phenoxy) is 2. The minimum Gasteiger partial charge on any atom is -0.444 e. The summed E-state index contributed by atoms with van der Waals surface area (Å²) in [6, 6.07) is 0.0898. The first kappa shape index (κ1) is 26.4. The summed E-state index contributed by atoms with van der Waals surface area (Å²) >= 11 is 0. The summed E-state index contributed by atoms with van der Waals surface area (Å²) in [5.41, 5.74) is -0.518. The molecule has 180 valence electrons. The van der Waals surface area contributed by atoms with Gasteiger partial charge in [-0.2, -0.15) is 0 Å². The Kier molecular flexibility index (Phi) is 9.64. The van der Waals surface area contributed by atoms with Crippen LogP contribution in [0.4, 0.5) is 4.79 Å². The number of sulfonamides is 1. The fourth-order valence-corrected chi connectivity index (χ4v) is 4.74. The highest BCUT2D eigenvalue weighted by Crippen LogP contribution is 2.18. The van der Waals surface area contributed by atoms with Crippen molar-refractivity contribution in [1.82, 2.24) is 19.8 Å². The number of piperazine rings is 1. The first-order valence-corrected chi connectivity index (χ1v) is 12.4. The third-order valence-electron chi connectivity index (χ3n) is 5.32. The molecule has 0 spiro atoms. The average Bonchev–Trinajstić information content (AvgIpc) is 3.08. The minimum absolute atomic E-state index is 0. The van der Waals surface area contributed by atoms with Gasteiger partial charge in [0.25, 0.3) is 0 Å². The van der Waals surface area contributed by atoms with E-state index < -0.39 is 15.6 Å². The van der Waals surface area contributed by atoms with Gasteiger partial charge in [-0.1, -0.05) is 0 Å². The quantitative estimate of drug-likeness (QED) is 0.456. The van der Waals surface area contributed by atoms with Gasteiger partial charge < -0.3 is 24.6 Å². The Morgan fingerprint density at radius 2 is 2.06 bits per heavy atom. The third kappa shape index (κ3) is 8.21. The van der Waals surface area contributed by atoms with Crippen LogP contribution in [-0.4, -0.2) is 99.6 Å². The van der Waals surface area contributed by atoms with Crippen LogP contribution in [0.5, 0.6) is 0 Å². The Morgan fingerprint density at radius 1 is 1.29 bits per heavy atom. The number of amides is 1. The van der Waals surface area contributed by atoms with Crippen molar-refractivity contribution in [3.05, 3.63) is 0 Å². The Balaban J connectivity index is 0.00000341. The Labute approximate surface area is 202 Å². The lowest BCUT2D eigenvalue weighted by molar-refractivity contribution is 0.0137. The minimum atomic E-state index is -3.37. The van der Waals surface area contributed by atoms with Crippen LogP contribution < -0.4 is 10.0 Å². The van der Waals surface area contributed by atoms with E-state index in [4.69, 9.17) is 9.47 Å². The maximum Gasteiger partial charge on any atom is 0.410 e. The number of nitrogens with one attached hydrogen (secondary N) is 2. The number of hydrogen-bond acceptors (Lipinski definition) is 8. The molecule has 10 nitrogen and oxygen atoms in total. The number of aliphatic imine (C=N–C) groups is 1. The molecule has 0 saturated carbocycles. The summed E-state index contributed by atoms with van der Waals surface area (Å²) in [5, 5.41) is 3.15. The summed E-state index contributed by atoms with van der Waals surface area (Å²) in [6.07, 6.45) is 2.69. The highest BCUT2D eigenvalue weighted by Gasteiger charge is 2.36. The second kappa shape index (κ2) is 11.3. The topological polar surface area (TPSA) is 113 Å². The molecule has 3 heterocycles. The van der Waals surface area contributed by atoms with E-state index in [0.29, 0.717) is 45.3 Å². The molecule has 31 heavy (non-hydrogen) atoms. The highest BCUT2D eigenvalue weighted by atomic mass is 127. The van der Waals surface area contributed by atoms with Crippen LogP contribution in [0.15, 0.2) is 4.99 Å². The SMILES string of the molecule is CC(C)(C)OC(=O)N1CCN2C(NCCS(=O)(=O)NCC3CCCCO3)=NCC2C1.I. The second-order valence-corrected chi connectivity index (χ2v) is 10.9. The number of hydrogen-bond donors (Lipinski definition) is 2. The molecule has 3 rings (SSSR count).